The van der Waals surface area contributed by atoms with Gasteiger partial charge in [0.05, 0.1) is 0 Å². The number of hydrogen-bond acceptors (Lipinski definition) is 2. The summed E-state index contributed by atoms with van der Waals surface area (Å²) in [5.41, 5.74) is 0. The van der Waals surface area contributed by atoms with Gasteiger partial charge in [0.1, 0.15) is 0 Å². The molecule has 3 heteroatoms. The number of hydrogen-bond donors (Lipinski definition) is 1. The molecule has 1 amide bonds. The average Bonchev–Trinajstić information content (AvgIpc) is 2.76. The van der Waals surface area contributed by atoms with Crippen molar-refractivity contribution >= 4 is 5.91 Å². The van der Waals surface area contributed by atoms with Crippen LogP contribution in [0.1, 0.15) is 39.0 Å². The van der Waals surface area contributed by atoms with Gasteiger partial charge in [-0.15, -0.1) is 0 Å². The van der Waals surface area contributed by atoms with E-state index in [1.165, 1.54) is 25.7 Å². The van der Waals surface area contributed by atoms with Crippen molar-refractivity contribution in [1.82, 2.24) is 10.2 Å². The van der Waals surface area contributed by atoms with E-state index in [0.717, 1.165) is 32.0 Å². The van der Waals surface area contributed by atoms with E-state index in [0.29, 0.717) is 17.7 Å². The molecular weight excluding hydrogens is 212 g/mol. The topological polar surface area (TPSA) is 32.3 Å². The van der Waals surface area contributed by atoms with E-state index in [9.17, 15) is 4.79 Å². The van der Waals surface area contributed by atoms with Crippen molar-refractivity contribution in [1.29, 1.82) is 0 Å². The lowest BCUT2D eigenvalue weighted by Crippen LogP contribution is -2.43. The quantitative estimate of drug-likeness (QED) is 0.814. The van der Waals surface area contributed by atoms with Crippen molar-refractivity contribution in [2.75, 3.05) is 26.7 Å². The molecule has 1 aliphatic carbocycles. The van der Waals surface area contributed by atoms with Gasteiger partial charge in [-0.1, -0.05) is 13.3 Å². The van der Waals surface area contributed by atoms with Crippen LogP contribution in [-0.2, 0) is 4.79 Å². The first-order chi connectivity index (χ1) is 8.22. The van der Waals surface area contributed by atoms with Gasteiger partial charge in [0.2, 0.25) is 5.91 Å². The minimum Gasteiger partial charge on any atom is -0.342 e. The zero-order valence-corrected chi connectivity index (χ0v) is 11.2. The summed E-state index contributed by atoms with van der Waals surface area (Å²) in [6.07, 6.45) is 5.96. The van der Waals surface area contributed by atoms with E-state index >= 15 is 0 Å². The third-order valence-electron chi connectivity index (χ3n) is 4.60. The van der Waals surface area contributed by atoms with Crippen LogP contribution in [0.4, 0.5) is 0 Å². The van der Waals surface area contributed by atoms with Crippen LogP contribution in [0, 0.1) is 17.8 Å². The lowest BCUT2D eigenvalue weighted by molar-refractivity contribution is -0.137. The molecule has 1 aliphatic heterocycles. The van der Waals surface area contributed by atoms with Crippen molar-refractivity contribution in [3.63, 3.8) is 0 Å². The lowest BCUT2D eigenvalue weighted by Gasteiger charge is -2.34. The summed E-state index contributed by atoms with van der Waals surface area (Å²) in [5.74, 6) is 2.15. The Morgan fingerprint density at radius 2 is 1.94 bits per heavy atom. The summed E-state index contributed by atoms with van der Waals surface area (Å²) >= 11 is 0. The van der Waals surface area contributed by atoms with Gasteiger partial charge in [-0.25, -0.2) is 0 Å². The van der Waals surface area contributed by atoms with Gasteiger partial charge in [0.25, 0.3) is 0 Å². The summed E-state index contributed by atoms with van der Waals surface area (Å²) in [4.78, 5) is 14.5. The number of nitrogens with one attached hydrogen (secondary N) is 1. The molecule has 98 valence electrons. The molecule has 0 aromatic rings. The zero-order valence-electron chi connectivity index (χ0n) is 11.2. The molecule has 0 bridgehead atoms. The molecule has 2 fully saturated rings. The highest BCUT2D eigenvalue weighted by atomic mass is 16.2. The summed E-state index contributed by atoms with van der Waals surface area (Å²) < 4.78 is 0. The van der Waals surface area contributed by atoms with Crippen LogP contribution in [0.2, 0.25) is 0 Å². The molecule has 1 saturated heterocycles. The summed E-state index contributed by atoms with van der Waals surface area (Å²) in [6.45, 7) is 5.30. The van der Waals surface area contributed by atoms with Gasteiger partial charge in [-0.05, 0) is 51.1 Å². The number of carbonyl (C=O) groups excluding carboxylic acids is 1. The summed E-state index contributed by atoms with van der Waals surface area (Å²) in [7, 11) is 2.01. The van der Waals surface area contributed by atoms with E-state index in [4.69, 9.17) is 0 Å². The largest absolute Gasteiger partial charge is 0.342 e. The maximum atomic E-state index is 12.4. The van der Waals surface area contributed by atoms with Gasteiger partial charge in [-0.3, -0.25) is 4.79 Å². The maximum absolute atomic E-state index is 12.4. The fourth-order valence-electron chi connectivity index (χ4n) is 3.39. The van der Waals surface area contributed by atoms with Crippen LogP contribution in [0.5, 0.6) is 0 Å². The van der Waals surface area contributed by atoms with E-state index in [1.807, 2.05) is 7.05 Å². The second-order valence-electron chi connectivity index (χ2n) is 5.84. The molecule has 0 aromatic heterocycles. The number of carbonyl (C=O) groups is 1. The minimum absolute atomic E-state index is 0.329. The van der Waals surface area contributed by atoms with Crippen LogP contribution in [-0.4, -0.2) is 37.5 Å². The number of rotatable bonds is 3. The Bertz CT molecular complexity index is 259. The Morgan fingerprint density at radius 1 is 1.24 bits per heavy atom. The SMILES string of the molecule is CNCC1CCN(C(=O)C2CCCC2C)CC1. The number of amides is 1. The first-order valence-corrected chi connectivity index (χ1v) is 7.15. The second-order valence-corrected chi connectivity index (χ2v) is 5.84. The molecule has 17 heavy (non-hydrogen) atoms. The Balaban J connectivity index is 1.82. The highest BCUT2D eigenvalue weighted by molar-refractivity contribution is 5.79. The molecule has 0 spiro atoms. The third kappa shape index (κ3) is 3.01. The van der Waals surface area contributed by atoms with Gasteiger partial charge in [0, 0.05) is 19.0 Å². The molecular formula is C14H26N2O. The minimum atomic E-state index is 0.329. The molecule has 3 nitrogen and oxygen atoms in total. The van der Waals surface area contributed by atoms with Crippen LogP contribution in [0.15, 0.2) is 0 Å². The average molecular weight is 238 g/mol. The highest BCUT2D eigenvalue weighted by Gasteiger charge is 2.34. The smallest absolute Gasteiger partial charge is 0.225 e. The molecule has 2 aliphatic rings. The number of likely N-dealkylation sites (tertiary alicyclic amines) is 1. The fourth-order valence-corrected chi connectivity index (χ4v) is 3.39. The molecule has 1 N–H and O–H groups in total. The van der Waals surface area contributed by atoms with Gasteiger partial charge in [-0.2, -0.15) is 0 Å². The van der Waals surface area contributed by atoms with Gasteiger partial charge < -0.3 is 10.2 Å². The predicted octanol–water partition coefficient (Wildman–Crippen LogP) is 1.88. The molecule has 0 radical (unpaired) electrons. The van der Waals surface area contributed by atoms with Crippen molar-refractivity contribution in [2.24, 2.45) is 17.8 Å². The normalized spacial score (nSPS) is 30.8. The lowest BCUT2D eigenvalue weighted by atomic mass is 9.92. The molecule has 2 atom stereocenters. The van der Waals surface area contributed by atoms with E-state index in [1.54, 1.807) is 0 Å². The van der Waals surface area contributed by atoms with Gasteiger partial charge in [0.15, 0.2) is 0 Å². The van der Waals surface area contributed by atoms with E-state index in [2.05, 4.69) is 17.1 Å². The summed E-state index contributed by atoms with van der Waals surface area (Å²) in [5, 5.41) is 3.24. The van der Waals surface area contributed by atoms with Crippen LogP contribution in [0.25, 0.3) is 0 Å². The fraction of sp³-hybridized carbons (Fsp3) is 0.929. The van der Waals surface area contributed by atoms with Crippen molar-refractivity contribution in [2.45, 2.75) is 39.0 Å². The zero-order chi connectivity index (χ0) is 12.3. The molecule has 2 rings (SSSR count). The van der Waals surface area contributed by atoms with Crippen molar-refractivity contribution < 1.29 is 4.79 Å². The Hall–Kier alpha value is -0.570. The molecule has 1 heterocycles. The Labute approximate surface area is 105 Å². The monoisotopic (exact) mass is 238 g/mol. The number of piperidine rings is 1. The van der Waals surface area contributed by atoms with Gasteiger partial charge >= 0.3 is 0 Å². The highest BCUT2D eigenvalue weighted by Crippen LogP contribution is 2.33. The standard InChI is InChI=1S/C14H26N2O/c1-11-4-3-5-13(11)14(17)16-8-6-12(7-9-16)10-15-2/h11-13,15H,3-10H2,1-2H3. The summed E-state index contributed by atoms with van der Waals surface area (Å²) in [6, 6.07) is 0. The first-order valence-electron chi connectivity index (χ1n) is 7.15. The third-order valence-corrected chi connectivity index (χ3v) is 4.60. The van der Waals surface area contributed by atoms with Crippen LogP contribution >= 0.6 is 0 Å². The van der Waals surface area contributed by atoms with E-state index in [-0.39, 0.29) is 0 Å². The molecule has 0 aromatic carbocycles. The second kappa shape index (κ2) is 5.85. The van der Waals surface area contributed by atoms with Crippen LogP contribution in [0.3, 0.4) is 0 Å². The Morgan fingerprint density at radius 3 is 2.47 bits per heavy atom. The first kappa shape index (κ1) is 12.9. The van der Waals surface area contributed by atoms with Crippen molar-refractivity contribution in [3.05, 3.63) is 0 Å². The van der Waals surface area contributed by atoms with Crippen molar-refractivity contribution in [3.8, 4) is 0 Å². The molecule has 1 saturated carbocycles. The Kier molecular flexibility index (Phi) is 4.43. The predicted molar refractivity (Wildman–Crippen MR) is 69.7 cm³/mol. The van der Waals surface area contributed by atoms with E-state index < -0.39 is 0 Å². The van der Waals surface area contributed by atoms with Crippen LogP contribution < -0.4 is 5.32 Å². The number of nitrogens with zero attached hydrogens (tertiary/aromatic N) is 1. The maximum Gasteiger partial charge on any atom is 0.225 e. The molecule has 2 unspecified atom stereocenters.